The first-order chi connectivity index (χ1) is 8.86. The molecule has 2 unspecified atom stereocenters. The second-order valence-corrected chi connectivity index (χ2v) is 7.70. The van der Waals surface area contributed by atoms with Crippen molar-refractivity contribution in [2.24, 2.45) is 5.41 Å². The van der Waals surface area contributed by atoms with Crippen LogP contribution in [0.3, 0.4) is 0 Å². The quantitative estimate of drug-likeness (QED) is 0.851. The van der Waals surface area contributed by atoms with Crippen molar-refractivity contribution in [1.29, 1.82) is 0 Å². The van der Waals surface area contributed by atoms with Crippen molar-refractivity contribution in [3.05, 3.63) is 0 Å². The molecule has 0 aromatic rings. The highest BCUT2D eigenvalue weighted by Gasteiger charge is 2.43. The van der Waals surface area contributed by atoms with E-state index in [4.69, 9.17) is 4.74 Å². The number of nitrogens with one attached hydrogen (secondary N) is 1. The highest BCUT2D eigenvalue weighted by molar-refractivity contribution is 4.99. The van der Waals surface area contributed by atoms with E-state index in [0.29, 0.717) is 17.5 Å². The Labute approximate surface area is 119 Å². The monoisotopic (exact) mass is 268 g/mol. The SMILES string of the molecule is CCNC1CCC(C)(C)CC1N1CCOCC1(C)C. The molecule has 2 fully saturated rings. The van der Waals surface area contributed by atoms with Crippen LogP contribution >= 0.6 is 0 Å². The van der Waals surface area contributed by atoms with Crippen molar-refractivity contribution < 1.29 is 4.74 Å². The molecule has 1 saturated carbocycles. The lowest BCUT2D eigenvalue weighted by molar-refractivity contribution is -0.0935. The fraction of sp³-hybridized carbons (Fsp3) is 1.00. The van der Waals surface area contributed by atoms with Gasteiger partial charge in [0.2, 0.25) is 0 Å². The average molecular weight is 268 g/mol. The summed E-state index contributed by atoms with van der Waals surface area (Å²) in [4.78, 5) is 2.71. The van der Waals surface area contributed by atoms with Crippen LogP contribution in [0.15, 0.2) is 0 Å². The predicted octanol–water partition coefficient (Wildman–Crippen LogP) is 2.65. The van der Waals surface area contributed by atoms with E-state index in [1.54, 1.807) is 0 Å². The third-order valence-corrected chi connectivity index (χ3v) is 4.93. The molecule has 0 bridgehead atoms. The smallest absolute Gasteiger partial charge is 0.0645 e. The van der Waals surface area contributed by atoms with Gasteiger partial charge in [-0.2, -0.15) is 0 Å². The molecule has 2 rings (SSSR count). The summed E-state index contributed by atoms with van der Waals surface area (Å²) in [5.74, 6) is 0. The molecule has 0 aromatic carbocycles. The third kappa shape index (κ3) is 3.50. The molecule has 0 aromatic heterocycles. The Bertz CT molecular complexity index is 301. The number of hydrogen-bond donors (Lipinski definition) is 1. The molecule has 0 amide bonds. The van der Waals surface area contributed by atoms with Crippen molar-refractivity contribution >= 4 is 0 Å². The second-order valence-electron chi connectivity index (χ2n) is 7.70. The lowest BCUT2D eigenvalue weighted by Crippen LogP contribution is -2.64. The molecule has 1 heterocycles. The maximum Gasteiger partial charge on any atom is 0.0645 e. The molecular formula is C16H32N2O. The van der Waals surface area contributed by atoms with Gasteiger partial charge in [-0.3, -0.25) is 4.90 Å². The summed E-state index contributed by atoms with van der Waals surface area (Å²) < 4.78 is 5.69. The van der Waals surface area contributed by atoms with E-state index in [1.165, 1.54) is 19.3 Å². The van der Waals surface area contributed by atoms with E-state index in [1.807, 2.05) is 0 Å². The highest BCUT2D eigenvalue weighted by Crippen LogP contribution is 2.40. The van der Waals surface area contributed by atoms with E-state index >= 15 is 0 Å². The van der Waals surface area contributed by atoms with E-state index in [-0.39, 0.29) is 5.54 Å². The van der Waals surface area contributed by atoms with Gasteiger partial charge in [0.05, 0.1) is 13.2 Å². The lowest BCUT2D eigenvalue weighted by atomic mass is 9.71. The van der Waals surface area contributed by atoms with Crippen LogP contribution in [0.25, 0.3) is 0 Å². The van der Waals surface area contributed by atoms with Crippen LogP contribution in [0.2, 0.25) is 0 Å². The highest BCUT2D eigenvalue weighted by atomic mass is 16.5. The topological polar surface area (TPSA) is 24.5 Å². The molecule has 0 radical (unpaired) electrons. The predicted molar refractivity (Wildman–Crippen MR) is 80.5 cm³/mol. The summed E-state index contributed by atoms with van der Waals surface area (Å²) in [5.41, 5.74) is 0.648. The Morgan fingerprint density at radius 1 is 1.26 bits per heavy atom. The van der Waals surface area contributed by atoms with Gasteiger partial charge in [-0.25, -0.2) is 0 Å². The van der Waals surface area contributed by atoms with E-state index < -0.39 is 0 Å². The van der Waals surface area contributed by atoms with Crippen LogP contribution in [0.4, 0.5) is 0 Å². The second kappa shape index (κ2) is 5.71. The van der Waals surface area contributed by atoms with Gasteiger partial charge in [-0.15, -0.1) is 0 Å². The van der Waals surface area contributed by atoms with Crippen molar-refractivity contribution in [3.8, 4) is 0 Å². The number of morpholine rings is 1. The van der Waals surface area contributed by atoms with Crippen LogP contribution in [0.5, 0.6) is 0 Å². The number of ether oxygens (including phenoxy) is 1. The zero-order valence-corrected chi connectivity index (χ0v) is 13.5. The molecule has 1 aliphatic heterocycles. The molecule has 1 saturated heterocycles. The summed E-state index contributed by atoms with van der Waals surface area (Å²) in [6.07, 6.45) is 3.94. The van der Waals surface area contributed by atoms with Crippen LogP contribution in [0.1, 0.15) is 53.9 Å². The van der Waals surface area contributed by atoms with Gasteiger partial charge >= 0.3 is 0 Å². The molecule has 19 heavy (non-hydrogen) atoms. The molecule has 0 spiro atoms. The van der Waals surface area contributed by atoms with Gasteiger partial charge in [-0.05, 0) is 45.1 Å². The molecule has 3 nitrogen and oxygen atoms in total. The average Bonchev–Trinajstić information content (AvgIpc) is 2.31. The fourth-order valence-electron chi connectivity index (χ4n) is 3.86. The van der Waals surface area contributed by atoms with Gasteiger partial charge < -0.3 is 10.1 Å². The number of rotatable bonds is 3. The third-order valence-electron chi connectivity index (χ3n) is 4.93. The van der Waals surface area contributed by atoms with Crippen molar-refractivity contribution in [1.82, 2.24) is 10.2 Å². The number of hydrogen-bond acceptors (Lipinski definition) is 3. The van der Waals surface area contributed by atoms with Crippen LogP contribution in [0, 0.1) is 5.41 Å². The van der Waals surface area contributed by atoms with E-state index in [0.717, 1.165) is 26.3 Å². The summed E-state index contributed by atoms with van der Waals surface area (Å²) in [7, 11) is 0. The van der Waals surface area contributed by atoms with E-state index in [2.05, 4.69) is 44.8 Å². The first-order valence-corrected chi connectivity index (χ1v) is 7.94. The summed E-state index contributed by atoms with van der Waals surface area (Å²) in [6, 6.07) is 1.30. The van der Waals surface area contributed by atoms with Gasteiger partial charge in [0.25, 0.3) is 0 Å². The largest absolute Gasteiger partial charge is 0.378 e. The van der Waals surface area contributed by atoms with Gasteiger partial charge in [0, 0.05) is 24.2 Å². The molecule has 1 N–H and O–H groups in total. The molecule has 2 atom stereocenters. The lowest BCUT2D eigenvalue weighted by Gasteiger charge is -2.53. The molecule has 2 aliphatic rings. The Kier molecular flexibility index (Phi) is 4.59. The van der Waals surface area contributed by atoms with Gasteiger partial charge in [0.15, 0.2) is 0 Å². The van der Waals surface area contributed by atoms with Crippen molar-refractivity contribution in [3.63, 3.8) is 0 Å². The minimum Gasteiger partial charge on any atom is -0.378 e. The first kappa shape index (κ1) is 15.3. The zero-order valence-electron chi connectivity index (χ0n) is 13.5. The normalized spacial score (nSPS) is 35.2. The van der Waals surface area contributed by atoms with Gasteiger partial charge in [0.1, 0.15) is 0 Å². The van der Waals surface area contributed by atoms with E-state index in [9.17, 15) is 0 Å². The Morgan fingerprint density at radius 2 is 2.00 bits per heavy atom. The zero-order chi connectivity index (χ0) is 14.1. The molecule has 3 heteroatoms. The van der Waals surface area contributed by atoms with Crippen molar-refractivity contribution in [2.45, 2.75) is 71.5 Å². The Hall–Kier alpha value is -0.120. The minimum absolute atomic E-state index is 0.171. The van der Waals surface area contributed by atoms with Crippen LogP contribution < -0.4 is 5.32 Å². The van der Waals surface area contributed by atoms with Crippen LogP contribution in [-0.2, 0) is 4.74 Å². The molecular weight excluding hydrogens is 236 g/mol. The molecule has 1 aliphatic carbocycles. The maximum atomic E-state index is 5.69. The minimum atomic E-state index is 0.171. The first-order valence-electron chi connectivity index (χ1n) is 7.94. The number of likely N-dealkylation sites (N-methyl/N-ethyl adjacent to an activating group) is 1. The summed E-state index contributed by atoms with van der Waals surface area (Å²) in [6.45, 7) is 15.6. The Balaban J connectivity index is 2.16. The van der Waals surface area contributed by atoms with Crippen molar-refractivity contribution in [2.75, 3.05) is 26.3 Å². The standard InChI is InChI=1S/C16H32N2O/c1-6-17-13-7-8-15(2,3)11-14(13)18-9-10-19-12-16(18,4)5/h13-14,17H,6-12H2,1-5H3. The van der Waals surface area contributed by atoms with Gasteiger partial charge in [-0.1, -0.05) is 20.8 Å². The number of nitrogens with zero attached hydrogens (tertiary/aromatic N) is 1. The van der Waals surface area contributed by atoms with Crippen LogP contribution in [-0.4, -0.2) is 48.8 Å². The fourth-order valence-corrected chi connectivity index (χ4v) is 3.86. The summed E-state index contributed by atoms with van der Waals surface area (Å²) >= 11 is 0. The summed E-state index contributed by atoms with van der Waals surface area (Å²) in [5, 5.41) is 3.72. The Morgan fingerprint density at radius 3 is 2.63 bits per heavy atom. The molecule has 112 valence electrons. The maximum absolute atomic E-state index is 5.69.